The van der Waals surface area contributed by atoms with Crippen molar-refractivity contribution in [1.29, 1.82) is 0 Å². The maximum Gasteiger partial charge on any atom is 0.257 e. The van der Waals surface area contributed by atoms with Gasteiger partial charge >= 0.3 is 0 Å². The van der Waals surface area contributed by atoms with Crippen LogP contribution in [0.1, 0.15) is 29.6 Å². The molecule has 20 heavy (non-hydrogen) atoms. The Morgan fingerprint density at radius 3 is 2.75 bits per heavy atom. The van der Waals surface area contributed by atoms with Crippen LogP contribution in [0.4, 0.5) is 0 Å². The third-order valence-corrected chi connectivity index (χ3v) is 4.27. The van der Waals surface area contributed by atoms with Crippen molar-refractivity contribution in [3.63, 3.8) is 0 Å². The van der Waals surface area contributed by atoms with Crippen LogP contribution in [0.25, 0.3) is 0 Å². The summed E-state index contributed by atoms with van der Waals surface area (Å²) >= 11 is 11.8. The average molecular weight is 315 g/mol. The van der Waals surface area contributed by atoms with Crippen LogP contribution in [-0.4, -0.2) is 41.6 Å². The molecular formula is C14H16Cl2N2O2. The maximum absolute atomic E-state index is 12.7. The minimum Gasteiger partial charge on any atom is -0.381 e. The number of nitrogens with zero attached hydrogens (tertiary/aromatic N) is 2. The number of amides is 1. The molecule has 0 bridgehead atoms. The first-order valence-electron chi connectivity index (χ1n) is 6.86. The van der Waals surface area contributed by atoms with E-state index in [2.05, 4.69) is 4.98 Å². The molecule has 3 rings (SSSR count). The monoisotopic (exact) mass is 314 g/mol. The number of halogens is 2. The molecule has 4 nitrogen and oxygen atoms in total. The van der Waals surface area contributed by atoms with E-state index in [4.69, 9.17) is 27.9 Å². The van der Waals surface area contributed by atoms with Crippen LogP contribution in [-0.2, 0) is 4.74 Å². The Balaban J connectivity index is 1.77. The van der Waals surface area contributed by atoms with E-state index in [1.807, 2.05) is 4.90 Å². The molecule has 1 atom stereocenters. The van der Waals surface area contributed by atoms with Crippen molar-refractivity contribution < 1.29 is 9.53 Å². The van der Waals surface area contributed by atoms with Gasteiger partial charge in [-0.25, -0.2) is 4.98 Å². The van der Waals surface area contributed by atoms with Crippen LogP contribution in [0.15, 0.2) is 12.1 Å². The molecule has 2 heterocycles. The van der Waals surface area contributed by atoms with Crippen molar-refractivity contribution in [1.82, 2.24) is 9.88 Å². The smallest absolute Gasteiger partial charge is 0.257 e. The van der Waals surface area contributed by atoms with Crippen LogP contribution in [0.2, 0.25) is 10.3 Å². The van der Waals surface area contributed by atoms with Crippen molar-refractivity contribution >= 4 is 29.1 Å². The molecule has 0 radical (unpaired) electrons. The summed E-state index contributed by atoms with van der Waals surface area (Å²) in [7, 11) is 0. The SMILES string of the molecule is O=C(c1ccc(Cl)nc1Cl)N(CC1CCOC1)C1CC1. The van der Waals surface area contributed by atoms with E-state index in [9.17, 15) is 4.79 Å². The first-order valence-corrected chi connectivity index (χ1v) is 7.61. The molecule has 1 aliphatic heterocycles. The second-order valence-electron chi connectivity index (χ2n) is 5.39. The van der Waals surface area contributed by atoms with E-state index >= 15 is 0 Å². The second-order valence-corrected chi connectivity index (χ2v) is 6.14. The third kappa shape index (κ3) is 3.08. The van der Waals surface area contributed by atoms with E-state index in [1.165, 1.54) is 0 Å². The summed E-state index contributed by atoms with van der Waals surface area (Å²) in [6.45, 7) is 2.27. The summed E-state index contributed by atoms with van der Waals surface area (Å²) in [6.07, 6.45) is 3.15. The zero-order valence-corrected chi connectivity index (χ0v) is 12.5. The van der Waals surface area contributed by atoms with Gasteiger partial charge in [-0.3, -0.25) is 4.79 Å². The van der Waals surface area contributed by atoms with Crippen molar-refractivity contribution in [2.24, 2.45) is 5.92 Å². The third-order valence-electron chi connectivity index (χ3n) is 3.77. The number of pyridine rings is 1. The lowest BCUT2D eigenvalue weighted by Gasteiger charge is -2.25. The van der Waals surface area contributed by atoms with E-state index in [0.717, 1.165) is 39.0 Å². The molecule has 2 fully saturated rings. The quantitative estimate of drug-likeness (QED) is 0.802. The maximum atomic E-state index is 12.7. The number of aromatic nitrogens is 1. The highest BCUT2D eigenvalue weighted by atomic mass is 35.5. The average Bonchev–Trinajstić information content (AvgIpc) is 3.12. The Morgan fingerprint density at radius 2 is 2.15 bits per heavy atom. The fourth-order valence-electron chi connectivity index (χ4n) is 2.52. The lowest BCUT2D eigenvalue weighted by molar-refractivity contribution is 0.0706. The zero-order chi connectivity index (χ0) is 14.1. The van der Waals surface area contributed by atoms with Crippen LogP contribution < -0.4 is 0 Å². The molecule has 1 amide bonds. The topological polar surface area (TPSA) is 42.4 Å². The molecule has 1 unspecified atom stereocenters. The number of rotatable bonds is 4. The largest absolute Gasteiger partial charge is 0.381 e. The molecule has 6 heteroatoms. The Labute approximate surface area is 128 Å². The molecule has 1 aromatic rings. The van der Waals surface area contributed by atoms with Crippen molar-refractivity contribution in [3.05, 3.63) is 28.0 Å². The minimum absolute atomic E-state index is 0.0476. The van der Waals surface area contributed by atoms with E-state index in [-0.39, 0.29) is 11.1 Å². The van der Waals surface area contributed by atoms with Gasteiger partial charge in [0.25, 0.3) is 5.91 Å². The second kappa shape index (κ2) is 5.88. The Kier molecular flexibility index (Phi) is 4.15. The number of hydrogen-bond acceptors (Lipinski definition) is 3. The highest BCUT2D eigenvalue weighted by Crippen LogP contribution is 2.31. The predicted molar refractivity (Wildman–Crippen MR) is 77.2 cm³/mol. The van der Waals surface area contributed by atoms with Gasteiger partial charge in [0.2, 0.25) is 0 Å². The summed E-state index contributed by atoms with van der Waals surface area (Å²) < 4.78 is 5.39. The highest BCUT2D eigenvalue weighted by molar-refractivity contribution is 6.34. The summed E-state index contributed by atoms with van der Waals surface area (Å²) in [5.74, 6) is 0.382. The van der Waals surface area contributed by atoms with Crippen molar-refractivity contribution in [2.75, 3.05) is 19.8 Å². The normalized spacial score (nSPS) is 22.0. The molecule has 0 aromatic carbocycles. The van der Waals surface area contributed by atoms with Gasteiger partial charge in [-0.15, -0.1) is 0 Å². The molecule has 108 valence electrons. The van der Waals surface area contributed by atoms with Crippen molar-refractivity contribution in [2.45, 2.75) is 25.3 Å². The molecule has 1 aliphatic carbocycles. The van der Waals surface area contributed by atoms with Gasteiger partial charge in [-0.05, 0) is 31.4 Å². The predicted octanol–water partition coefficient (Wildman–Crippen LogP) is 3.03. The molecule has 0 N–H and O–H groups in total. The standard InChI is InChI=1S/C14H16Cl2N2O2/c15-12-4-3-11(13(16)17-12)14(19)18(10-1-2-10)7-9-5-6-20-8-9/h3-4,9-10H,1-2,5-8H2. The summed E-state index contributed by atoms with van der Waals surface area (Å²) in [6, 6.07) is 3.60. The van der Waals surface area contributed by atoms with Gasteiger partial charge in [0.15, 0.2) is 0 Å². The molecule has 0 spiro atoms. The lowest BCUT2D eigenvalue weighted by Crippen LogP contribution is -2.37. The fraction of sp³-hybridized carbons (Fsp3) is 0.571. The molecule has 1 saturated heterocycles. The van der Waals surface area contributed by atoms with E-state index in [1.54, 1.807) is 12.1 Å². The van der Waals surface area contributed by atoms with Gasteiger partial charge in [-0.2, -0.15) is 0 Å². The number of ether oxygens (including phenoxy) is 1. The first kappa shape index (κ1) is 14.1. The van der Waals surface area contributed by atoms with Gasteiger partial charge in [0.1, 0.15) is 10.3 Å². The number of carbonyl (C=O) groups excluding carboxylic acids is 1. The Hall–Kier alpha value is -0.840. The summed E-state index contributed by atoms with van der Waals surface area (Å²) in [4.78, 5) is 18.5. The summed E-state index contributed by atoms with van der Waals surface area (Å²) in [5.41, 5.74) is 0.432. The molecular weight excluding hydrogens is 299 g/mol. The van der Waals surface area contributed by atoms with E-state index in [0.29, 0.717) is 22.7 Å². The van der Waals surface area contributed by atoms with Crippen molar-refractivity contribution in [3.8, 4) is 0 Å². The van der Waals surface area contributed by atoms with Crippen LogP contribution in [0.5, 0.6) is 0 Å². The van der Waals surface area contributed by atoms with E-state index < -0.39 is 0 Å². The lowest BCUT2D eigenvalue weighted by atomic mass is 10.1. The zero-order valence-electron chi connectivity index (χ0n) is 11.0. The minimum atomic E-state index is -0.0476. The van der Waals surface area contributed by atoms with Gasteiger partial charge in [0, 0.05) is 25.1 Å². The highest BCUT2D eigenvalue weighted by Gasteiger charge is 2.36. The van der Waals surface area contributed by atoms with Crippen LogP contribution in [0, 0.1) is 5.92 Å². The molecule has 2 aliphatic rings. The Bertz CT molecular complexity index is 514. The molecule has 1 aromatic heterocycles. The van der Waals surface area contributed by atoms with Gasteiger partial charge in [0.05, 0.1) is 12.2 Å². The number of hydrogen-bond donors (Lipinski definition) is 0. The molecule has 1 saturated carbocycles. The summed E-state index contributed by atoms with van der Waals surface area (Å²) in [5, 5.41) is 0.476. The van der Waals surface area contributed by atoms with Gasteiger partial charge in [-0.1, -0.05) is 23.2 Å². The van der Waals surface area contributed by atoms with Crippen LogP contribution in [0.3, 0.4) is 0 Å². The fourth-order valence-corrected chi connectivity index (χ4v) is 2.94. The van der Waals surface area contributed by atoms with Crippen LogP contribution >= 0.6 is 23.2 Å². The number of carbonyl (C=O) groups is 1. The first-order chi connectivity index (χ1) is 9.65. The van der Waals surface area contributed by atoms with Gasteiger partial charge < -0.3 is 9.64 Å². The Morgan fingerprint density at radius 1 is 1.35 bits per heavy atom.